The molecule has 0 saturated carbocycles. The van der Waals surface area contributed by atoms with Gasteiger partial charge in [0, 0.05) is 6.42 Å². The Morgan fingerprint density at radius 3 is 2.50 bits per heavy atom. The second kappa shape index (κ2) is 5.42. The van der Waals surface area contributed by atoms with Crippen molar-refractivity contribution in [2.45, 2.75) is 40.7 Å². The third kappa shape index (κ3) is 4.39. The summed E-state index contributed by atoms with van der Waals surface area (Å²) in [6.07, 6.45) is 1.50. The van der Waals surface area contributed by atoms with E-state index in [9.17, 15) is 13.6 Å². The lowest BCUT2D eigenvalue weighted by Gasteiger charge is -2.17. The summed E-state index contributed by atoms with van der Waals surface area (Å²) in [5, 5.41) is 0. The van der Waals surface area contributed by atoms with Gasteiger partial charge in [-0.1, -0.05) is 20.8 Å². The third-order valence-corrected chi connectivity index (χ3v) is 2.23. The molecular weight excluding hydrogens is 240 g/mol. The van der Waals surface area contributed by atoms with Crippen LogP contribution in [0.25, 0.3) is 0 Å². The number of ether oxygens (including phenoxy) is 1. The Hall–Kier alpha value is -1.52. The largest absolute Gasteiger partial charge is 0.433 e. The van der Waals surface area contributed by atoms with Crippen LogP contribution in [0.5, 0.6) is 5.75 Å². The quantitative estimate of drug-likeness (QED) is 0.773. The Bertz CT molecular complexity index is 439. The molecule has 0 radical (unpaired) electrons. The summed E-state index contributed by atoms with van der Waals surface area (Å²) < 4.78 is 28.3. The van der Waals surface area contributed by atoms with E-state index < -0.39 is 6.61 Å². The summed E-state index contributed by atoms with van der Waals surface area (Å²) in [5.74, 6) is -0.126. The Morgan fingerprint density at radius 2 is 2.06 bits per heavy atom. The second-order valence-electron chi connectivity index (χ2n) is 5.38. The van der Waals surface area contributed by atoms with Gasteiger partial charge in [0.1, 0.15) is 11.4 Å². The minimum Gasteiger partial charge on any atom is -0.433 e. The molecule has 0 aromatic carbocycles. The summed E-state index contributed by atoms with van der Waals surface area (Å²) in [6.45, 7) is 4.63. The average molecular weight is 257 g/mol. The number of pyridine rings is 1. The number of hydrogen-bond acceptors (Lipinski definition) is 3. The normalized spacial score (nSPS) is 11.7. The van der Waals surface area contributed by atoms with Crippen molar-refractivity contribution in [3.63, 3.8) is 0 Å². The number of aryl methyl sites for hydroxylation is 1. The molecule has 0 amide bonds. The van der Waals surface area contributed by atoms with Gasteiger partial charge >= 0.3 is 6.61 Å². The molecule has 0 unspecified atom stereocenters. The summed E-state index contributed by atoms with van der Waals surface area (Å²) >= 11 is 0. The summed E-state index contributed by atoms with van der Waals surface area (Å²) in [5.41, 5.74) is 0.720. The minimum absolute atomic E-state index is 0.0326. The van der Waals surface area contributed by atoms with Crippen LogP contribution in [0, 0.1) is 12.3 Å². The minimum atomic E-state index is -2.89. The first-order valence-electron chi connectivity index (χ1n) is 5.64. The van der Waals surface area contributed by atoms with E-state index in [1.165, 1.54) is 6.07 Å². The zero-order valence-corrected chi connectivity index (χ0v) is 11.0. The van der Waals surface area contributed by atoms with E-state index in [0.29, 0.717) is 17.7 Å². The van der Waals surface area contributed by atoms with Gasteiger partial charge in [0.15, 0.2) is 5.78 Å². The maximum Gasteiger partial charge on any atom is 0.387 e. The first kappa shape index (κ1) is 14.5. The van der Waals surface area contributed by atoms with Crippen molar-refractivity contribution in [3.05, 3.63) is 23.5 Å². The molecule has 0 aliphatic carbocycles. The maximum absolute atomic E-state index is 12.0. The number of carbonyl (C=O) groups is 1. The van der Waals surface area contributed by atoms with Gasteiger partial charge < -0.3 is 4.74 Å². The van der Waals surface area contributed by atoms with Crippen LogP contribution < -0.4 is 4.74 Å². The fourth-order valence-electron chi connectivity index (χ4n) is 1.57. The van der Waals surface area contributed by atoms with Gasteiger partial charge in [-0.15, -0.1) is 0 Å². The molecule has 0 aliphatic rings. The smallest absolute Gasteiger partial charge is 0.387 e. The Balaban J connectivity index is 2.89. The highest BCUT2D eigenvalue weighted by atomic mass is 19.3. The molecule has 3 nitrogen and oxygen atoms in total. The van der Waals surface area contributed by atoms with E-state index in [-0.39, 0.29) is 16.9 Å². The fourth-order valence-corrected chi connectivity index (χ4v) is 1.57. The van der Waals surface area contributed by atoms with Crippen molar-refractivity contribution in [1.82, 2.24) is 4.98 Å². The highest BCUT2D eigenvalue weighted by Crippen LogP contribution is 2.23. The Kier molecular flexibility index (Phi) is 4.38. The number of ketones is 1. The van der Waals surface area contributed by atoms with Gasteiger partial charge in [-0.05, 0) is 24.0 Å². The molecule has 1 heterocycles. The number of hydrogen-bond donors (Lipinski definition) is 0. The molecule has 0 N–H and O–H groups in total. The van der Waals surface area contributed by atoms with Crippen molar-refractivity contribution in [1.29, 1.82) is 0 Å². The van der Waals surface area contributed by atoms with Crippen molar-refractivity contribution in [2.75, 3.05) is 0 Å². The van der Waals surface area contributed by atoms with Crippen LogP contribution in [0.3, 0.4) is 0 Å². The van der Waals surface area contributed by atoms with E-state index in [0.717, 1.165) is 6.20 Å². The number of aromatic nitrogens is 1. The first-order valence-corrected chi connectivity index (χ1v) is 5.64. The molecule has 0 saturated heterocycles. The fraction of sp³-hybridized carbons (Fsp3) is 0.538. The predicted molar refractivity (Wildman–Crippen MR) is 64.0 cm³/mol. The van der Waals surface area contributed by atoms with Gasteiger partial charge in [-0.25, -0.2) is 4.98 Å². The summed E-state index contributed by atoms with van der Waals surface area (Å²) in [4.78, 5) is 15.9. The van der Waals surface area contributed by atoms with Crippen LogP contribution in [0.15, 0.2) is 12.3 Å². The van der Waals surface area contributed by atoms with E-state index >= 15 is 0 Å². The van der Waals surface area contributed by atoms with E-state index in [1.807, 2.05) is 20.8 Å². The number of Topliss-reactive ketones (excluding diaryl/α,β-unsaturated/α-hetero) is 1. The van der Waals surface area contributed by atoms with Crippen molar-refractivity contribution in [2.24, 2.45) is 5.41 Å². The molecule has 1 aromatic heterocycles. The van der Waals surface area contributed by atoms with E-state index in [2.05, 4.69) is 9.72 Å². The average Bonchev–Trinajstić information content (AvgIpc) is 2.13. The Morgan fingerprint density at radius 1 is 1.44 bits per heavy atom. The maximum atomic E-state index is 12.0. The molecule has 0 spiro atoms. The van der Waals surface area contributed by atoms with Crippen LogP contribution in [0.2, 0.25) is 0 Å². The molecule has 0 atom stereocenters. The summed E-state index contributed by atoms with van der Waals surface area (Å²) in [6, 6.07) is 1.40. The van der Waals surface area contributed by atoms with Crippen molar-refractivity contribution < 1.29 is 18.3 Å². The molecule has 5 heteroatoms. The molecule has 1 aromatic rings. The molecule has 18 heavy (non-hydrogen) atoms. The lowest BCUT2D eigenvalue weighted by atomic mass is 9.88. The number of alkyl halides is 2. The van der Waals surface area contributed by atoms with Crippen molar-refractivity contribution >= 4 is 5.78 Å². The SMILES string of the molecule is Cc1cc(OC(F)F)cnc1C(=O)CC(C)(C)C. The molecule has 0 bridgehead atoms. The van der Waals surface area contributed by atoms with Gasteiger partial charge in [0.05, 0.1) is 6.20 Å². The van der Waals surface area contributed by atoms with Crippen LogP contribution in [-0.2, 0) is 0 Å². The standard InChI is InChI=1S/C13H17F2NO2/c1-8-5-9(18-12(14)15)7-16-11(8)10(17)6-13(2,3)4/h5,7,12H,6H2,1-4H3. The van der Waals surface area contributed by atoms with Gasteiger partial charge in [-0.3, -0.25) is 4.79 Å². The first-order chi connectivity index (χ1) is 8.19. The van der Waals surface area contributed by atoms with Crippen LogP contribution >= 0.6 is 0 Å². The second-order valence-corrected chi connectivity index (χ2v) is 5.38. The molecule has 100 valence electrons. The lowest BCUT2D eigenvalue weighted by molar-refractivity contribution is -0.0501. The van der Waals surface area contributed by atoms with Crippen LogP contribution in [0.1, 0.15) is 43.2 Å². The van der Waals surface area contributed by atoms with Crippen LogP contribution in [0.4, 0.5) is 8.78 Å². The van der Waals surface area contributed by atoms with Gasteiger partial charge in [0.25, 0.3) is 0 Å². The molecular formula is C13H17F2NO2. The van der Waals surface area contributed by atoms with E-state index in [1.54, 1.807) is 6.92 Å². The monoisotopic (exact) mass is 257 g/mol. The molecule has 0 fully saturated rings. The number of carbonyl (C=O) groups excluding carboxylic acids is 1. The topological polar surface area (TPSA) is 39.2 Å². The number of rotatable bonds is 4. The Labute approximate surface area is 105 Å². The van der Waals surface area contributed by atoms with E-state index in [4.69, 9.17) is 0 Å². The highest BCUT2D eigenvalue weighted by molar-refractivity contribution is 5.95. The lowest BCUT2D eigenvalue weighted by Crippen LogP contribution is -2.15. The van der Waals surface area contributed by atoms with Crippen molar-refractivity contribution in [3.8, 4) is 5.75 Å². The van der Waals surface area contributed by atoms with Gasteiger partial charge in [0.2, 0.25) is 0 Å². The highest BCUT2D eigenvalue weighted by Gasteiger charge is 2.20. The predicted octanol–water partition coefficient (Wildman–Crippen LogP) is 3.61. The number of nitrogens with zero attached hydrogens (tertiary/aromatic N) is 1. The third-order valence-electron chi connectivity index (χ3n) is 2.23. The van der Waals surface area contributed by atoms with Gasteiger partial charge in [-0.2, -0.15) is 8.78 Å². The van der Waals surface area contributed by atoms with Crippen LogP contribution in [-0.4, -0.2) is 17.4 Å². The number of halogens is 2. The molecule has 0 aliphatic heterocycles. The molecule has 1 rings (SSSR count). The zero-order valence-electron chi connectivity index (χ0n) is 11.0. The zero-order chi connectivity index (χ0) is 13.9. The summed E-state index contributed by atoms with van der Waals surface area (Å²) in [7, 11) is 0.